The summed E-state index contributed by atoms with van der Waals surface area (Å²) in [6, 6.07) is 17.4. The predicted octanol–water partition coefficient (Wildman–Crippen LogP) is 3.12. The number of hydrogen-bond donors (Lipinski definition) is 0. The Bertz CT molecular complexity index is 679. The molecular weight excluding hydrogens is 264 g/mol. The van der Waals surface area contributed by atoms with Crippen LogP contribution in [0.1, 0.15) is 27.6 Å². The van der Waals surface area contributed by atoms with Crippen LogP contribution < -0.4 is 0 Å². The maximum Gasteiger partial charge on any atom is 0.339 e. The van der Waals surface area contributed by atoms with Gasteiger partial charge in [0.15, 0.2) is 6.10 Å². The molecule has 0 N–H and O–H groups in total. The van der Waals surface area contributed by atoms with Gasteiger partial charge in [0.2, 0.25) is 5.78 Å². The second kappa shape index (κ2) is 7.06. The van der Waals surface area contributed by atoms with Crippen molar-refractivity contribution < 1.29 is 14.3 Å². The zero-order valence-electron chi connectivity index (χ0n) is 11.6. The molecule has 3 heteroatoms. The van der Waals surface area contributed by atoms with E-state index in [4.69, 9.17) is 4.74 Å². The molecule has 104 valence electrons. The van der Waals surface area contributed by atoms with Crippen molar-refractivity contribution in [1.82, 2.24) is 0 Å². The van der Waals surface area contributed by atoms with E-state index in [9.17, 15) is 9.59 Å². The Kier molecular flexibility index (Phi) is 4.89. The summed E-state index contributed by atoms with van der Waals surface area (Å²) in [4.78, 5) is 23.6. The molecule has 0 aliphatic heterocycles. The lowest BCUT2D eigenvalue weighted by atomic mass is 10.1. The molecule has 0 radical (unpaired) electrons. The molecule has 0 saturated heterocycles. The van der Waals surface area contributed by atoms with Crippen LogP contribution >= 0.6 is 0 Å². The highest BCUT2D eigenvalue weighted by atomic mass is 16.5. The van der Waals surface area contributed by atoms with E-state index >= 15 is 0 Å². The van der Waals surface area contributed by atoms with Crippen LogP contribution in [0.5, 0.6) is 0 Å². The van der Waals surface area contributed by atoms with Gasteiger partial charge in [0.25, 0.3) is 0 Å². The van der Waals surface area contributed by atoms with Gasteiger partial charge in [0.05, 0.1) is 5.56 Å². The van der Waals surface area contributed by atoms with E-state index in [-0.39, 0.29) is 5.78 Å². The van der Waals surface area contributed by atoms with Crippen molar-refractivity contribution in [2.24, 2.45) is 0 Å². The third-order valence-electron chi connectivity index (χ3n) is 2.72. The first kappa shape index (κ1) is 14.5. The summed E-state index contributed by atoms with van der Waals surface area (Å²) in [6.07, 6.45) is -0.648. The first-order valence-corrected chi connectivity index (χ1v) is 6.54. The second-order valence-corrected chi connectivity index (χ2v) is 4.38. The Morgan fingerprint density at radius 1 is 0.905 bits per heavy atom. The number of carbonyl (C=O) groups is 2. The van der Waals surface area contributed by atoms with Gasteiger partial charge < -0.3 is 4.74 Å². The van der Waals surface area contributed by atoms with Gasteiger partial charge in [-0.2, -0.15) is 0 Å². The number of Topliss-reactive ketones (excluding diaryl/α,β-unsaturated/α-hetero) is 1. The fraction of sp³-hybridized carbons (Fsp3) is 0.111. The third-order valence-corrected chi connectivity index (χ3v) is 2.72. The van der Waals surface area contributed by atoms with Crippen molar-refractivity contribution >= 4 is 11.8 Å². The Hall–Kier alpha value is -2.86. The largest absolute Gasteiger partial charge is 0.446 e. The second-order valence-electron chi connectivity index (χ2n) is 4.38. The van der Waals surface area contributed by atoms with Crippen molar-refractivity contribution in [3.05, 3.63) is 71.8 Å². The summed E-state index contributed by atoms with van der Waals surface area (Å²) >= 11 is 0. The lowest BCUT2D eigenvalue weighted by Crippen LogP contribution is -2.13. The van der Waals surface area contributed by atoms with Gasteiger partial charge in [-0.3, -0.25) is 4.79 Å². The minimum Gasteiger partial charge on any atom is -0.446 e. The molecule has 3 nitrogen and oxygen atoms in total. The van der Waals surface area contributed by atoms with E-state index in [0.717, 1.165) is 0 Å². The lowest BCUT2D eigenvalue weighted by Gasteiger charge is -2.06. The van der Waals surface area contributed by atoms with E-state index in [0.29, 0.717) is 11.1 Å². The van der Waals surface area contributed by atoms with Gasteiger partial charge in [-0.05, 0) is 25.0 Å². The summed E-state index contributed by atoms with van der Waals surface area (Å²) < 4.78 is 5.16. The molecule has 2 rings (SSSR count). The highest BCUT2D eigenvalue weighted by Gasteiger charge is 2.09. The Balaban J connectivity index is 1.97. The maximum absolute atomic E-state index is 11.8. The molecule has 0 spiro atoms. The number of benzene rings is 2. The molecule has 0 aliphatic carbocycles. The molecule has 0 saturated carbocycles. The number of esters is 1. The van der Waals surface area contributed by atoms with Gasteiger partial charge in [-0.1, -0.05) is 54.5 Å². The Morgan fingerprint density at radius 3 is 2.00 bits per heavy atom. The van der Waals surface area contributed by atoms with Crippen LogP contribution in [0, 0.1) is 11.8 Å². The summed E-state index contributed by atoms with van der Waals surface area (Å²) in [5.74, 6) is 4.38. The van der Waals surface area contributed by atoms with E-state index in [1.54, 1.807) is 55.5 Å². The van der Waals surface area contributed by atoms with Gasteiger partial charge in [-0.15, -0.1) is 0 Å². The Morgan fingerprint density at radius 2 is 1.43 bits per heavy atom. The zero-order valence-corrected chi connectivity index (χ0v) is 11.6. The zero-order chi connectivity index (χ0) is 15.1. The normalized spacial score (nSPS) is 10.9. The molecule has 1 unspecified atom stereocenters. The highest BCUT2D eigenvalue weighted by molar-refractivity contribution is 6.09. The van der Waals surface area contributed by atoms with Crippen molar-refractivity contribution in [2.75, 3.05) is 0 Å². The van der Waals surface area contributed by atoms with Gasteiger partial charge in [0.1, 0.15) is 0 Å². The van der Waals surface area contributed by atoms with E-state index in [2.05, 4.69) is 11.8 Å². The first-order valence-electron chi connectivity index (χ1n) is 6.54. The summed E-state index contributed by atoms with van der Waals surface area (Å²) in [7, 11) is 0. The van der Waals surface area contributed by atoms with Crippen molar-refractivity contribution in [1.29, 1.82) is 0 Å². The quantitative estimate of drug-likeness (QED) is 0.375. The SMILES string of the molecule is CC(C#CC(=O)c1ccccc1)OC(=O)c1ccccc1. The number of hydrogen-bond acceptors (Lipinski definition) is 3. The van der Waals surface area contributed by atoms with Gasteiger partial charge in [-0.25, -0.2) is 4.79 Å². The standard InChI is InChI=1S/C18H14O3/c1-14(21-18(20)16-10-6-3-7-11-16)12-13-17(19)15-8-4-2-5-9-15/h2-11,14H,1H3. The van der Waals surface area contributed by atoms with E-state index in [1.807, 2.05) is 12.1 Å². The summed E-state index contributed by atoms with van der Waals surface area (Å²) in [5, 5.41) is 0. The van der Waals surface area contributed by atoms with Crippen LogP contribution in [0.15, 0.2) is 60.7 Å². The minimum atomic E-state index is -0.648. The van der Waals surface area contributed by atoms with Crippen molar-refractivity contribution in [3.63, 3.8) is 0 Å². The average Bonchev–Trinajstić information content (AvgIpc) is 2.54. The topological polar surface area (TPSA) is 43.4 Å². The molecule has 0 fully saturated rings. The van der Waals surface area contributed by atoms with Crippen LogP contribution in [-0.2, 0) is 4.74 Å². The monoisotopic (exact) mass is 278 g/mol. The molecule has 21 heavy (non-hydrogen) atoms. The molecule has 0 amide bonds. The highest BCUT2D eigenvalue weighted by Crippen LogP contribution is 2.04. The molecular formula is C18H14O3. The fourth-order valence-electron chi connectivity index (χ4n) is 1.66. The summed E-state index contributed by atoms with van der Waals surface area (Å²) in [6.45, 7) is 1.63. The lowest BCUT2D eigenvalue weighted by molar-refractivity contribution is 0.0438. The molecule has 2 aromatic rings. The smallest absolute Gasteiger partial charge is 0.339 e. The molecule has 0 aliphatic rings. The van der Waals surface area contributed by atoms with Gasteiger partial charge in [0, 0.05) is 5.56 Å². The van der Waals surface area contributed by atoms with Crippen LogP contribution in [0.3, 0.4) is 0 Å². The van der Waals surface area contributed by atoms with Crippen LogP contribution in [0.2, 0.25) is 0 Å². The molecule has 0 aromatic heterocycles. The molecule has 1 atom stereocenters. The van der Waals surface area contributed by atoms with E-state index in [1.165, 1.54) is 0 Å². The number of rotatable bonds is 3. The minimum absolute atomic E-state index is 0.293. The number of carbonyl (C=O) groups excluding carboxylic acids is 2. The van der Waals surface area contributed by atoms with Crippen LogP contribution in [0.4, 0.5) is 0 Å². The van der Waals surface area contributed by atoms with Crippen molar-refractivity contribution in [3.8, 4) is 11.8 Å². The molecule has 0 bridgehead atoms. The number of ether oxygens (including phenoxy) is 1. The molecule has 0 heterocycles. The fourth-order valence-corrected chi connectivity index (χ4v) is 1.66. The van der Waals surface area contributed by atoms with Crippen molar-refractivity contribution in [2.45, 2.75) is 13.0 Å². The molecule has 2 aromatic carbocycles. The van der Waals surface area contributed by atoms with Gasteiger partial charge >= 0.3 is 5.97 Å². The van der Waals surface area contributed by atoms with Crippen LogP contribution in [0.25, 0.3) is 0 Å². The maximum atomic E-state index is 11.8. The summed E-state index contributed by atoms with van der Waals surface area (Å²) in [5.41, 5.74) is 0.979. The Labute approximate surface area is 123 Å². The predicted molar refractivity (Wildman–Crippen MR) is 79.9 cm³/mol. The number of ketones is 1. The first-order chi connectivity index (χ1) is 10.2. The average molecular weight is 278 g/mol. The third kappa shape index (κ3) is 4.32. The van der Waals surface area contributed by atoms with Crippen LogP contribution in [-0.4, -0.2) is 17.9 Å². The van der Waals surface area contributed by atoms with E-state index < -0.39 is 12.1 Å².